The van der Waals surface area contributed by atoms with Crippen LogP contribution in [-0.2, 0) is 16.1 Å². The van der Waals surface area contributed by atoms with Crippen molar-refractivity contribution in [1.29, 1.82) is 0 Å². The van der Waals surface area contributed by atoms with Gasteiger partial charge in [-0.1, -0.05) is 23.8 Å². The van der Waals surface area contributed by atoms with Gasteiger partial charge in [-0.2, -0.15) is 0 Å². The van der Waals surface area contributed by atoms with Gasteiger partial charge >= 0.3 is 6.03 Å². The fourth-order valence-electron chi connectivity index (χ4n) is 4.56. The number of ether oxygens (including phenoxy) is 2. The van der Waals surface area contributed by atoms with Gasteiger partial charge in [-0.15, -0.1) is 0 Å². The number of imide groups is 1. The van der Waals surface area contributed by atoms with Crippen molar-refractivity contribution in [3.05, 3.63) is 53.6 Å². The number of carbonyl (C=O) groups excluding carboxylic acids is 3. The Labute approximate surface area is 191 Å². The molecule has 3 aliphatic rings. The van der Waals surface area contributed by atoms with E-state index in [0.717, 1.165) is 17.5 Å². The molecule has 2 fully saturated rings. The number of benzene rings is 2. The quantitative estimate of drug-likeness (QED) is 0.725. The molecule has 2 atom stereocenters. The van der Waals surface area contributed by atoms with E-state index in [1.54, 1.807) is 12.1 Å². The summed E-state index contributed by atoms with van der Waals surface area (Å²) in [6, 6.07) is 11.5. The number of nitrogens with one attached hydrogen (secondary N) is 2. The number of carbonyl (C=O) groups is 3. The van der Waals surface area contributed by atoms with Crippen molar-refractivity contribution in [3.8, 4) is 11.5 Å². The fourth-order valence-corrected chi connectivity index (χ4v) is 4.56. The van der Waals surface area contributed by atoms with Crippen molar-refractivity contribution in [2.24, 2.45) is 0 Å². The van der Waals surface area contributed by atoms with E-state index in [1.807, 2.05) is 37.3 Å². The zero-order valence-corrected chi connectivity index (χ0v) is 18.4. The van der Waals surface area contributed by atoms with Gasteiger partial charge in [-0.05, 0) is 56.1 Å². The second-order valence-corrected chi connectivity index (χ2v) is 8.58. The Kier molecular flexibility index (Phi) is 5.63. The maximum atomic E-state index is 13.4. The van der Waals surface area contributed by atoms with Crippen molar-refractivity contribution < 1.29 is 23.9 Å². The lowest BCUT2D eigenvalue weighted by molar-refractivity contribution is -0.138. The van der Waals surface area contributed by atoms with E-state index < -0.39 is 12.1 Å². The van der Waals surface area contributed by atoms with Crippen molar-refractivity contribution in [2.75, 3.05) is 25.2 Å². The molecule has 5 rings (SSSR count). The first-order valence-electron chi connectivity index (χ1n) is 11.1. The van der Waals surface area contributed by atoms with Crippen LogP contribution in [0.5, 0.6) is 11.5 Å². The summed E-state index contributed by atoms with van der Waals surface area (Å²) < 4.78 is 10.8. The molecule has 0 bridgehead atoms. The summed E-state index contributed by atoms with van der Waals surface area (Å²) in [5.74, 6) is 0.664. The van der Waals surface area contributed by atoms with Gasteiger partial charge in [0.15, 0.2) is 11.5 Å². The van der Waals surface area contributed by atoms with Crippen molar-refractivity contribution in [3.63, 3.8) is 0 Å². The van der Waals surface area contributed by atoms with Gasteiger partial charge in [0.25, 0.3) is 0 Å². The molecule has 9 heteroatoms. The zero-order valence-electron chi connectivity index (χ0n) is 18.4. The molecular formula is C24H26N4O5. The van der Waals surface area contributed by atoms with E-state index in [4.69, 9.17) is 9.47 Å². The molecule has 2 N–H and O–H groups in total. The Balaban J connectivity index is 1.35. The van der Waals surface area contributed by atoms with Crippen molar-refractivity contribution >= 4 is 23.5 Å². The molecule has 9 nitrogen and oxygen atoms in total. The molecule has 0 aliphatic carbocycles. The fraction of sp³-hybridized carbons (Fsp3) is 0.375. The van der Waals surface area contributed by atoms with E-state index in [-0.39, 0.29) is 37.7 Å². The third-order valence-corrected chi connectivity index (χ3v) is 6.26. The van der Waals surface area contributed by atoms with Gasteiger partial charge in [-0.3, -0.25) is 14.5 Å². The lowest BCUT2D eigenvalue weighted by atomic mass is 9.93. The molecule has 0 saturated carbocycles. The molecule has 33 heavy (non-hydrogen) atoms. The standard InChI is InChI=1S/C24H26N4O5/c1-15-4-7-17(8-5-15)26-21(29)13-27-18-3-2-10-25-22(18)23(30)28(24(27)31)12-16-6-9-19-20(11-16)33-14-32-19/h4-9,11,18,22,25H,2-3,10,12-14H2,1H3,(H,26,29). The van der Waals surface area contributed by atoms with E-state index in [2.05, 4.69) is 10.6 Å². The maximum absolute atomic E-state index is 13.4. The minimum absolute atomic E-state index is 0.0925. The SMILES string of the molecule is Cc1ccc(NC(=O)CN2C(=O)N(Cc3ccc4c(c3)OCO4)C(=O)C3NCCCC32)cc1. The van der Waals surface area contributed by atoms with E-state index in [0.29, 0.717) is 30.2 Å². The Morgan fingerprint density at radius 1 is 1.12 bits per heavy atom. The molecule has 2 unspecified atom stereocenters. The topological polar surface area (TPSA) is 100 Å². The number of urea groups is 1. The van der Waals surface area contributed by atoms with Crippen LogP contribution >= 0.6 is 0 Å². The molecule has 172 valence electrons. The van der Waals surface area contributed by atoms with Gasteiger partial charge in [0, 0.05) is 5.69 Å². The molecule has 3 heterocycles. The summed E-state index contributed by atoms with van der Waals surface area (Å²) in [6.07, 6.45) is 1.50. The first-order chi connectivity index (χ1) is 16.0. The zero-order chi connectivity index (χ0) is 22.9. The number of piperidine rings is 1. The number of aryl methyl sites for hydroxylation is 1. The van der Waals surface area contributed by atoms with E-state index >= 15 is 0 Å². The predicted octanol–water partition coefficient (Wildman–Crippen LogP) is 2.25. The summed E-state index contributed by atoms with van der Waals surface area (Å²) in [5.41, 5.74) is 2.51. The van der Waals surface area contributed by atoms with Crippen LogP contribution in [0.25, 0.3) is 0 Å². The Hall–Kier alpha value is -3.59. The van der Waals surface area contributed by atoms with Crippen molar-refractivity contribution in [1.82, 2.24) is 15.1 Å². The van der Waals surface area contributed by atoms with E-state index in [1.165, 1.54) is 9.80 Å². The molecule has 4 amide bonds. The minimum Gasteiger partial charge on any atom is -0.454 e. The first kappa shape index (κ1) is 21.3. The second kappa shape index (κ2) is 8.74. The Bertz CT molecular complexity index is 1090. The normalized spacial score (nSPS) is 21.7. The number of hydrogen-bond donors (Lipinski definition) is 2. The minimum atomic E-state index is -0.530. The molecule has 3 aliphatic heterocycles. The third kappa shape index (κ3) is 4.23. The average Bonchev–Trinajstić information content (AvgIpc) is 3.29. The monoisotopic (exact) mass is 450 g/mol. The number of anilines is 1. The van der Waals surface area contributed by atoms with Gasteiger partial charge in [-0.25, -0.2) is 4.79 Å². The average molecular weight is 450 g/mol. The molecule has 2 aromatic carbocycles. The summed E-state index contributed by atoms with van der Waals surface area (Å²) in [5, 5.41) is 6.10. The van der Waals surface area contributed by atoms with Crippen LogP contribution in [0.4, 0.5) is 10.5 Å². The largest absolute Gasteiger partial charge is 0.454 e. The second-order valence-electron chi connectivity index (χ2n) is 8.58. The number of fused-ring (bicyclic) bond motifs is 2. The van der Waals surface area contributed by atoms with Crippen LogP contribution in [0.3, 0.4) is 0 Å². The van der Waals surface area contributed by atoms with Crippen LogP contribution in [0, 0.1) is 6.92 Å². The van der Waals surface area contributed by atoms with Crippen LogP contribution in [0.15, 0.2) is 42.5 Å². The molecule has 0 aromatic heterocycles. The van der Waals surface area contributed by atoms with Crippen LogP contribution < -0.4 is 20.1 Å². The summed E-state index contributed by atoms with van der Waals surface area (Å²) in [4.78, 5) is 42.2. The van der Waals surface area contributed by atoms with Gasteiger partial charge < -0.3 is 25.0 Å². The number of hydrogen-bond acceptors (Lipinski definition) is 6. The number of rotatable bonds is 5. The third-order valence-electron chi connectivity index (χ3n) is 6.26. The number of amides is 4. The van der Waals surface area contributed by atoms with Crippen LogP contribution in [0.1, 0.15) is 24.0 Å². The van der Waals surface area contributed by atoms with Gasteiger partial charge in [0.05, 0.1) is 12.6 Å². The van der Waals surface area contributed by atoms with Crippen LogP contribution in [0.2, 0.25) is 0 Å². The highest BCUT2D eigenvalue weighted by Gasteiger charge is 2.47. The summed E-state index contributed by atoms with van der Waals surface area (Å²) >= 11 is 0. The van der Waals surface area contributed by atoms with E-state index in [9.17, 15) is 14.4 Å². The van der Waals surface area contributed by atoms with Crippen LogP contribution in [-0.4, -0.2) is 59.6 Å². The molecule has 2 saturated heterocycles. The highest BCUT2D eigenvalue weighted by atomic mass is 16.7. The molecule has 0 spiro atoms. The lowest BCUT2D eigenvalue weighted by Gasteiger charge is -2.46. The first-order valence-corrected chi connectivity index (χ1v) is 11.1. The maximum Gasteiger partial charge on any atom is 0.327 e. The Morgan fingerprint density at radius 3 is 2.73 bits per heavy atom. The highest BCUT2D eigenvalue weighted by molar-refractivity contribution is 6.02. The van der Waals surface area contributed by atoms with Crippen molar-refractivity contribution in [2.45, 2.75) is 38.4 Å². The lowest BCUT2D eigenvalue weighted by Crippen LogP contribution is -2.70. The molecule has 2 aromatic rings. The number of nitrogens with zero attached hydrogens (tertiary/aromatic N) is 2. The summed E-state index contributed by atoms with van der Waals surface area (Å²) in [6.45, 7) is 2.79. The highest BCUT2D eigenvalue weighted by Crippen LogP contribution is 2.33. The smallest absolute Gasteiger partial charge is 0.327 e. The van der Waals surface area contributed by atoms with Gasteiger partial charge in [0.2, 0.25) is 18.6 Å². The Morgan fingerprint density at radius 2 is 1.91 bits per heavy atom. The van der Waals surface area contributed by atoms with Gasteiger partial charge in [0.1, 0.15) is 12.6 Å². The molecular weight excluding hydrogens is 424 g/mol. The predicted molar refractivity (Wildman–Crippen MR) is 120 cm³/mol. The molecule has 0 radical (unpaired) electrons. The summed E-state index contributed by atoms with van der Waals surface area (Å²) in [7, 11) is 0.